The first-order chi connectivity index (χ1) is 8.65. The van der Waals surface area contributed by atoms with Crippen molar-refractivity contribution in [3.8, 4) is 0 Å². The minimum Gasteiger partial charge on any atom is -0.369 e. The maximum Gasteiger partial charge on any atom is 0.202 e. The van der Waals surface area contributed by atoms with Crippen LogP contribution in [0.25, 0.3) is 11.2 Å². The predicted molar refractivity (Wildman–Crippen MR) is 75.0 cm³/mol. The molecule has 0 fully saturated rings. The largest absolute Gasteiger partial charge is 0.369 e. The van der Waals surface area contributed by atoms with Crippen molar-refractivity contribution in [2.45, 2.75) is 6.54 Å². The molecule has 3 heterocycles. The number of rotatable bonds is 2. The fourth-order valence-corrected chi connectivity index (χ4v) is 2.68. The van der Waals surface area contributed by atoms with Gasteiger partial charge in [0.15, 0.2) is 10.6 Å². The molecular weight excluding hydrogens is 268 g/mol. The highest BCUT2D eigenvalue weighted by atomic mass is 32.1. The summed E-state index contributed by atoms with van der Waals surface area (Å²) in [6.45, 7) is 0.626. The third kappa shape index (κ3) is 1.75. The highest BCUT2D eigenvalue weighted by molar-refractivity contribution is 7.71. The quantitative estimate of drug-likeness (QED) is 0.620. The molecule has 5 N–H and O–H groups in total. The number of thiophene rings is 1. The van der Waals surface area contributed by atoms with E-state index < -0.39 is 0 Å². The molecule has 3 aromatic rings. The number of H-pyrrole nitrogens is 1. The second kappa shape index (κ2) is 4.07. The van der Waals surface area contributed by atoms with Crippen molar-refractivity contribution < 1.29 is 0 Å². The molecule has 8 heteroatoms. The Balaban J connectivity index is 2.22. The monoisotopic (exact) mass is 278 g/mol. The van der Waals surface area contributed by atoms with E-state index in [1.54, 1.807) is 11.3 Å². The van der Waals surface area contributed by atoms with E-state index in [1.807, 2.05) is 16.0 Å². The van der Waals surface area contributed by atoms with Gasteiger partial charge in [-0.3, -0.25) is 4.57 Å². The molecule has 0 aromatic carbocycles. The number of aromatic amines is 1. The summed E-state index contributed by atoms with van der Waals surface area (Å²) in [5.41, 5.74) is 14.0. The molecule has 0 amide bonds. The first-order valence-corrected chi connectivity index (χ1v) is 6.53. The Kier molecular flexibility index (Phi) is 2.53. The minimum atomic E-state index is 0.263. The van der Waals surface area contributed by atoms with E-state index in [0.29, 0.717) is 28.3 Å². The molecule has 0 unspecified atom stereocenters. The van der Waals surface area contributed by atoms with Crippen LogP contribution in [0.4, 0.5) is 11.9 Å². The first kappa shape index (κ1) is 11.2. The van der Waals surface area contributed by atoms with Crippen LogP contribution in [0, 0.1) is 4.64 Å². The Bertz CT molecular complexity index is 755. The Morgan fingerprint density at radius 1 is 1.39 bits per heavy atom. The number of nitrogens with one attached hydrogen (secondary N) is 1. The van der Waals surface area contributed by atoms with E-state index in [2.05, 4.69) is 20.3 Å². The molecule has 0 radical (unpaired) electrons. The van der Waals surface area contributed by atoms with Crippen LogP contribution < -0.4 is 11.5 Å². The van der Waals surface area contributed by atoms with Gasteiger partial charge < -0.3 is 16.5 Å². The lowest BCUT2D eigenvalue weighted by Crippen LogP contribution is -2.05. The van der Waals surface area contributed by atoms with Gasteiger partial charge >= 0.3 is 0 Å². The van der Waals surface area contributed by atoms with Crippen molar-refractivity contribution in [2.75, 3.05) is 11.5 Å². The molecule has 0 saturated carbocycles. The zero-order valence-corrected chi connectivity index (χ0v) is 10.9. The fourth-order valence-electron chi connectivity index (χ4n) is 1.78. The zero-order valence-electron chi connectivity index (χ0n) is 9.25. The lowest BCUT2D eigenvalue weighted by Gasteiger charge is -2.04. The smallest absolute Gasteiger partial charge is 0.202 e. The van der Waals surface area contributed by atoms with Gasteiger partial charge in [0.2, 0.25) is 5.95 Å². The van der Waals surface area contributed by atoms with Gasteiger partial charge in [-0.1, -0.05) is 12.2 Å². The molecule has 0 aliphatic rings. The van der Waals surface area contributed by atoms with Crippen LogP contribution in [0.5, 0.6) is 0 Å². The topological polar surface area (TPSA) is 98.5 Å². The third-order valence-corrected chi connectivity index (χ3v) is 3.61. The SMILES string of the molecule is Nc1nc(=S)c2nc(N)n(Cc3ccsc3)c2[nH]1. The summed E-state index contributed by atoms with van der Waals surface area (Å²) in [6, 6.07) is 2.04. The number of hydrogen-bond donors (Lipinski definition) is 3. The van der Waals surface area contributed by atoms with Crippen molar-refractivity contribution in [1.82, 2.24) is 19.5 Å². The number of imidazole rings is 1. The van der Waals surface area contributed by atoms with E-state index >= 15 is 0 Å². The van der Waals surface area contributed by atoms with Crippen molar-refractivity contribution in [3.05, 3.63) is 27.0 Å². The van der Waals surface area contributed by atoms with Gasteiger partial charge in [-0.15, -0.1) is 0 Å². The summed E-state index contributed by atoms with van der Waals surface area (Å²) >= 11 is 6.76. The molecule has 6 nitrogen and oxygen atoms in total. The average molecular weight is 278 g/mol. The average Bonchev–Trinajstić information content (AvgIpc) is 2.91. The van der Waals surface area contributed by atoms with Gasteiger partial charge in [0.25, 0.3) is 0 Å². The van der Waals surface area contributed by atoms with Gasteiger partial charge in [0.05, 0.1) is 6.54 Å². The molecule has 3 rings (SSSR count). The molecule has 3 aromatic heterocycles. The Morgan fingerprint density at radius 2 is 2.22 bits per heavy atom. The number of nitrogens with zero attached hydrogens (tertiary/aromatic N) is 3. The molecule has 18 heavy (non-hydrogen) atoms. The molecule has 0 bridgehead atoms. The maximum atomic E-state index is 5.91. The number of nitrogen functional groups attached to an aromatic ring is 2. The molecule has 0 atom stereocenters. The number of hydrogen-bond acceptors (Lipinski definition) is 6. The van der Waals surface area contributed by atoms with E-state index in [0.717, 1.165) is 5.56 Å². The standard InChI is InChI=1S/C10H10N6S2/c11-9-14-7-6(8(17)15-9)13-10(12)16(7)3-5-1-2-18-4-5/h1-2,4H,3H2,(H2,12,13)(H3,11,14,15,17). The lowest BCUT2D eigenvalue weighted by atomic mass is 10.3. The Labute approximate surface area is 111 Å². The zero-order chi connectivity index (χ0) is 12.7. The maximum absolute atomic E-state index is 5.91. The van der Waals surface area contributed by atoms with E-state index in [9.17, 15) is 0 Å². The molecule has 0 aliphatic heterocycles. The number of anilines is 2. The second-order valence-electron chi connectivity index (χ2n) is 3.81. The van der Waals surface area contributed by atoms with Crippen LogP contribution in [0.2, 0.25) is 0 Å². The summed E-state index contributed by atoms with van der Waals surface area (Å²) in [5.74, 6) is 0.657. The predicted octanol–water partition coefficient (Wildman–Crippen LogP) is 1.76. The van der Waals surface area contributed by atoms with Crippen LogP contribution >= 0.6 is 23.6 Å². The Hall–Kier alpha value is -1.93. The summed E-state index contributed by atoms with van der Waals surface area (Å²) in [7, 11) is 0. The third-order valence-electron chi connectivity index (χ3n) is 2.59. The van der Waals surface area contributed by atoms with Gasteiger partial charge in [-0.05, 0) is 22.4 Å². The van der Waals surface area contributed by atoms with E-state index in [4.69, 9.17) is 23.7 Å². The fraction of sp³-hybridized carbons (Fsp3) is 0.100. The second-order valence-corrected chi connectivity index (χ2v) is 4.98. The highest BCUT2D eigenvalue weighted by Crippen LogP contribution is 2.19. The molecular formula is C10H10N6S2. The summed E-state index contributed by atoms with van der Waals surface area (Å²) in [4.78, 5) is 11.1. The van der Waals surface area contributed by atoms with Crippen LogP contribution in [0.15, 0.2) is 16.8 Å². The highest BCUT2D eigenvalue weighted by Gasteiger charge is 2.11. The normalized spacial score (nSPS) is 11.1. The molecule has 92 valence electrons. The Morgan fingerprint density at radius 3 is 2.94 bits per heavy atom. The molecule has 0 aliphatic carbocycles. The van der Waals surface area contributed by atoms with E-state index in [-0.39, 0.29) is 5.95 Å². The van der Waals surface area contributed by atoms with Gasteiger partial charge in [-0.25, -0.2) is 9.97 Å². The number of nitrogens with two attached hydrogens (primary N) is 2. The van der Waals surface area contributed by atoms with Crippen LogP contribution in [-0.4, -0.2) is 19.5 Å². The minimum absolute atomic E-state index is 0.263. The first-order valence-electron chi connectivity index (χ1n) is 5.17. The van der Waals surface area contributed by atoms with Crippen LogP contribution in [0.3, 0.4) is 0 Å². The summed E-state index contributed by atoms with van der Waals surface area (Å²) < 4.78 is 2.20. The van der Waals surface area contributed by atoms with Crippen LogP contribution in [0.1, 0.15) is 5.56 Å². The molecule has 0 saturated heterocycles. The van der Waals surface area contributed by atoms with Crippen LogP contribution in [-0.2, 0) is 6.54 Å². The molecule has 0 spiro atoms. The van der Waals surface area contributed by atoms with Crippen molar-refractivity contribution >= 4 is 46.6 Å². The van der Waals surface area contributed by atoms with Gasteiger partial charge in [0.1, 0.15) is 11.2 Å². The van der Waals surface area contributed by atoms with Gasteiger partial charge in [-0.2, -0.15) is 11.3 Å². The number of fused-ring (bicyclic) bond motifs is 1. The number of aromatic nitrogens is 4. The summed E-state index contributed by atoms with van der Waals surface area (Å²) in [6.07, 6.45) is 0. The lowest BCUT2D eigenvalue weighted by molar-refractivity contribution is 0.830. The van der Waals surface area contributed by atoms with Crippen molar-refractivity contribution in [3.63, 3.8) is 0 Å². The van der Waals surface area contributed by atoms with Crippen molar-refractivity contribution in [1.29, 1.82) is 0 Å². The van der Waals surface area contributed by atoms with Crippen molar-refractivity contribution in [2.24, 2.45) is 0 Å². The van der Waals surface area contributed by atoms with Gasteiger partial charge in [0, 0.05) is 0 Å². The summed E-state index contributed by atoms with van der Waals surface area (Å²) in [5, 5.41) is 4.08. The van der Waals surface area contributed by atoms with E-state index in [1.165, 1.54) is 0 Å².